The largest absolute Gasteiger partial charge is 0.124 e. The van der Waals surface area contributed by atoms with Gasteiger partial charge in [0.1, 0.15) is 0 Å². The molecule has 0 radical (unpaired) electrons. The fourth-order valence-corrected chi connectivity index (χ4v) is 1.20. The summed E-state index contributed by atoms with van der Waals surface area (Å²) in [5.41, 5.74) is 1.57. The summed E-state index contributed by atoms with van der Waals surface area (Å²) in [5, 5.41) is 0. The van der Waals surface area contributed by atoms with Crippen LogP contribution in [0.25, 0.3) is 0 Å². The van der Waals surface area contributed by atoms with Crippen LogP contribution in [-0.4, -0.2) is 0 Å². The van der Waals surface area contributed by atoms with Crippen molar-refractivity contribution >= 4 is 0 Å². The van der Waals surface area contributed by atoms with E-state index >= 15 is 0 Å². The van der Waals surface area contributed by atoms with Crippen LogP contribution < -0.4 is 0 Å². The normalized spacial score (nSPS) is 10.7. The highest BCUT2D eigenvalue weighted by atomic mass is 14.0. The van der Waals surface area contributed by atoms with Gasteiger partial charge in [0.2, 0.25) is 0 Å². The van der Waals surface area contributed by atoms with Crippen LogP contribution in [-0.2, 0) is 0 Å². The summed E-state index contributed by atoms with van der Waals surface area (Å²) in [6.07, 6.45) is 18.3. The molecule has 0 saturated carbocycles. The summed E-state index contributed by atoms with van der Waals surface area (Å²) >= 11 is 0. The SMILES string of the molecule is C.C#C.CC/C=C\C/C(=C\CC)C(C)C. The zero-order valence-electron chi connectivity index (χ0n) is 10.1. The Kier molecular flexibility index (Phi) is 20.3. The van der Waals surface area contributed by atoms with Gasteiger partial charge in [-0.15, -0.1) is 12.8 Å². The molecule has 0 amide bonds. The van der Waals surface area contributed by atoms with E-state index in [1.165, 1.54) is 0 Å². The van der Waals surface area contributed by atoms with Crippen LogP contribution in [0.1, 0.15) is 54.4 Å². The first-order valence-corrected chi connectivity index (χ1v) is 5.39. The molecule has 0 aliphatic carbocycles. The lowest BCUT2D eigenvalue weighted by Gasteiger charge is -2.08. The van der Waals surface area contributed by atoms with Crippen LogP contribution in [0.15, 0.2) is 23.8 Å². The van der Waals surface area contributed by atoms with Crippen molar-refractivity contribution in [3.8, 4) is 12.8 Å². The summed E-state index contributed by atoms with van der Waals surface area (Å²) in [5.74, 6) is 0.700. The van der Waals surface area contributed by atoms with Crippen molar-refractivity contribution in [2.75, 3.05) is 0 Å². The van der Waals surface area contributed by atoms with E-state index in [9.17, 15) is 0 Å². The van der Waals surface area contributed by atoms with Gasteiger partial charge in [0.05, 0.1) is 0 Å². The monoisotopic (exact) mass is 208 g/mol. The highest BCUT2D eigenvalue weighted by Crippen LogP contribution is 2.15. The molecule has 0 aromatic heterocycles. The average molecular weight is 208 g/mol. The van der Waals surface area contributed by atoms with E-state index < -0.39 is 0 Å². The molecule has 0 saturated heterocycles. The van der Waals surface area contributed by atoms with Crippen molar-refractivity contribution < 1.29 is 0 Å². The molecule has 0 aliphatic rings. The number of allylic oxidation sites excluding steroid dienone is 4. The summed E-state index contributed by atoms with van der Waals surface area (Å²) in [6.45, 7) is 8.91. The molecule has 15 heavy (non-hydrogen) atoms. The Balaban J connectivity index is -0.000000449. The predicted octanol–water partition coefficient (Wildman–Crippen LogP) is 5.22. The first kappa shape index (κ1) is 19.6. The van der Waals surface area contributed by atoms with Crippen LogP contribution in [0, 0.1) is 18.8 Å². The lowest BCUT2D eigenvalue weighted by molar-refractivity contribution is 0.740. The first-order valence-electron chi connectivity index (χ1n) is 5.39. The number of hydrogen-bond donors (Lipinski definition) is 0. The van der Waals surface area contributed by atoms with E-state index in [0.717, 1.165) is 19.3 Å². The van der Waals surface area contributed by atoms with Crippen molar-refractivity contribution in [2.24, 2.45) is 5.92 Å². The third kappa shape index (κ3) is 13.0. The molecule has 0 heterocycles. The van der Waals surface area contributed by atoms with E-state index in [1.807, 2.05) is 0 Å². The number of hydrogen-bond acceptors (Lipinski definition) is 0. The minimum absolute atomic E-state index is 0. The molecule has 0 bridgehead atoms. The Hall–Kier alpha value is -0.960. The van der Waals surface area contributed by atoms with Gasteiger partial charge in [-0.25, -0.2) is 0 Å². The molecule has 0 aliphatic heterocycles. The standard InChI is InChI=1S/C12H22.C2H2.CH4/c1-5-7-8-10-12(9-6-2)11(3)4;1-2;/h7-9,11H,5-6,10H2,1-4H3;1-2H;1H4/b8-7-,12-9+;;. The van der Waals surface area contributed by atoms with Crippen molar-refractivity contribution in [3.05, 3.63) is 23.8 Å². The predicted molar refractivity (Wildman–Crippen MR) is 73.9 cm³/mol. The van der Waals surface area contributed by atoms with Gasteiger partial charge in [0, 0.05) is 0 Å². The first-order chi connectivity index (χ1) is 6.72. The van der Waals surface area contributed by atoms with Crippen LogP contribution in [0.3, 0.4) is 0 Å². The van der Waals surface area contributed by atoms with E-state index in [0.29, 0.717) is 5.92 Å². The summed E-state index contributed by atoms with van der Waals surface area (Å²) in [6, 6.07) is 0. The third-order valence-electron chi connectivity index (χ3n) is 1.96. The molecule has 0 fully saturated rings. The Morgan fingerprint density at radius 2 is 1.60 bits per heavy atom. The maximum Gasteiger partial charge on any atom is -0.0136 e. The minimum atomic E-state index is 0. The fourth-order valence-electron chi connectivity index (χ4n) is 1.20. The molecule has 0 aromatic carbocycles. The van der Waals surface area contributed by atoms with Crippen molar-refractivity contribution in [2.45, 2.75) is 54.4 Å². The van der Waals surface area contributed by atoms with E-state index in [-0.39, 0.29) is 7.43 Å². The lowest BCUT2D eigenvalue weighted by atomic mass is 9.99. The van der Waals surface area contributed by atoms with Crippen molar-refractivity contribution in [3.63, 3.8) is 0 Å². The smallest absolute Gasteiger partial charge is 0.0136 e. The molecular weight excluding hydrogens is 180 g/mol. The highest BCUT2D eigenvalue weighted by molar-refractivity contribution is 5.09. The quantitative estimate of drug-likeness (QED) is 0.429. The van der Waals surface area contributed by atoms with Gasteiger partial charge in [0.25, 0.3) is 0 Å². The summed E-state index contributed by atoms with van der Waals surface area (Å²) in [4.78, 5) is 0. The number of rotatable bonds is 5. The Morgan fingerprint density at radius 3 is 1.93 bits per heavy atom. The van der Waals surface area contributed by atoms with Gasteiger partial charge in [-0.1, -0.05) is 58.9 Å². The molecule has 0 unspecified atom stereocenters. The molecule has 0 aromatic rings. The molecule has 0 nitrogen and oxygen atoms in total. The molecule has 0 spiro atoms. The number of terminal acetylenes is 1. The Labute approximate surface area is 97.5 Å². The molecule has 0 N–H and O–H groups in total. The molecule has 0 rings (SSSR count). The van der Waals surface area contributed by atoms with Gasteiger partial charge in [-0.2, -0.15) is 0 Å². The summed E-state index contributed by atoms with van der Waals surface area (Å²) < 4.78 is 0. The van der Waals surface area contributed by atoms with Crippen LogP contribution in [0.4, 0.5) is 0 Å². The van der Waals surface area contributed by atoms with Crippen molar-refractivity contribution in [1.29, 1.82) is 0 Å². The van der Waals surface area contributed by atoms with E-state index in [1.54, 1.807) is 5.57 Å². The Bertz CT molecular complexity index is 179. The fraction of sp³-hybridized carbons (Fsp3) is 0.600. The molecular formula is C15H28. The Morgan fingerprint density at radius 1 is 1.07 bits per heavy atom. The van der Waals surface area contributed by atoms with Gasteiger partial charge < -0.3 is 0 Å². The zero-order chi connectivity index (χ0) is 11.4. The maximum absolute atomic E-state index is 4.00. The van der Waals surface area contributed by atoms with Gasteiger partial charge in [-0.3, -0.25) is 0 Å². The van der Waals surface area contributed by atoms with Crippen molar-refractivity contribution in [1.82, 2.24) is 0 Å². The van der Waals surface area contributed by atoms with E-state index in [2.05, 4.69) is 58.8 Å². The van der Waals surface area contributed by atoms with Crippen LogP contribution >= 0.6 is 0 Å². The van der Waals surface area contributed by atoms with Gasteiger partial charge in [0.15, 0.2) is 0 Å². The average Bonchev–Trinajstić information content (AvgIpc) is 2.20. The zero-order valence-corrected chi connectivity index (χ0v) is 10.1. The third-order valence-corrected chi connectivity index (χ3v) is 1.96. The second kappa shape index (κ2) is 15.5. The lowest BCUT2D eigenvalue weighted by Crippen LogP contribution is -1.92. The molecule has 0 atom stereocenters. The second-order valence-electron chi connectivity index (χ2n) is 3.43. The van der Waals surface area contributed by atoms with Crippen LogP contribution in [0.5, 0.6) is 0 Å². The van der Waals surface area contributed by atoms with E-state index in [4.69, 9.17) is 0 Å². The van der Waals surface area contributed by atoms with Crippen LogP contribution in [0.2, 0.25) is 0 Å². The second-order valence-corrected chi connectivity index (χ2v) is 3.43. The van der Waals surface area contributed by atoms with Gasteiger partial charge in [-0.05, 0) is 25.2 Å². The maximum atomic E-state index is 4.00. The topological polar surface area (TPSA) is 0 Å². The van der Waals surface area contributed by atoms with Gasteiger partial charge >= 0.3 is 0 Å². The highest BCUT2D eigenvalue weighted by Gasteiger charge is 1.98. The molecule has 0 heteroatoms. The summed E-state index contributed by atoms with van der Waals surface area (Å²) in [7, 11) is 0. The molecule has 88 valence electrons. The minimum Gasteiger partial charge on any atom is -0.124 e.